The molecular formula is C23H19N3O4. The van der Waals surface area contributed by atoms with Crippen molar-refractivity contribution in [3.8, 4) is 5.75 Å². The van der Waals surface area contributed by atoms with Gasteiger partial charge in [0, 0.05) is 36.0 Å². The van der Waals surface area contributed by atoms with Crippen LogP contribution in [0.2, 0.25) is 0 Å². The molecule has 30 heavy (non-hydrogen) atoms. The molecule has 1 amide bonds. The van der Waals surface area contributed by atoms with Gasteiger partial charge in [-0.2, -0.15) is 0 Å². The summed E-state index contributed by atoms with van der Waals surface area (Å²) in [5.74, 6) is -1.07. The zero-order valence-corrected chi connectivity index (χ0v) is 16.2. The highest BCUT2D eigenvalue weighted by atomic mass is 16.5. The van der Waals surface area contributed by atoms with E-state index >= 15 is 0 Å². The van der Waals surface area contributed by atoms with Gasteiger partial charge in [0.2, 0.25) is 0 Å². The molecule has 3 aromatic rings. The number of carbonyl (C=O) groups excluding carboxylic acids is 2. The Morgan fingerprint density at radius 3 is 2.40 bits per heavy atom. The van der Waals surface area contributed by atoms with Crippen LogP contribution in [-0.2, 0) is 9.59 Å². The van der Waals surface area contributed by atoms with Gasteiger partial charge < -0.3 is 9.84 Å². The number of rotatable bonds is 5. The van der Waals surface area contributed by atoms with Crippen molar-refractivity contribution in [2.75, 3.05) is 11.5 Å². The number of ketones is 1. The minimum atomic E-state index is -0.815. The minimum Gasteiger partial charge on any atom is -0.507 e. The molecule has 7 nitrogen and oxygen atoms in total. The number of amides is 1. The third-order valence-electron chi connectivity index (χ3n) is 4.82. The molecule has 1 unspecified atom stereocenters. The van der Waals surface area contributed by atoms with Gasteiger partial charge >= 0.3 is 0 Å². The zero-order valence-electron chi connectivity index (χ0n) is 16.2. The number of aromatic nitrogens is 2. The number of aliphatic hydroxyl groups excluding tert-OH is 1. The van der Waals surface area contributed by atoms with E-state index in [2.05, 4.69) is 9.97 Å². The standard InChI is InChI=1S/C23H19N3O4/c1-2-30-18-7-5-17(6-8-18)26-20(16-4-3-11-25-14-16)19(22(28)23(26)29)21(27)15-9-12-24-13-10-15/h3-14,20,27H,2H2,1H3/b21-19-. The molecule has 0 radical (unpaired) electrons. The Hall–Kier alpha value is -4.00. The summed E-state index contributed by atoms with van der Waals surface area (Å²) >= 11 is 0. The average Bonchev–Trinajstić information content (AvgIpc) is 3.06. The Balaban J connectivity index is 1.87. The molecule has 0 bridgehead atoms. The van der Waals surface area contributed by atoms with Gasteiger partial charge in [0.25, 0.3) is 11.7 Å². The number of pyridine rings is 2. The van der Waals surface area contributed by atoms with E-state index in [4.69, 9.17) is 4.74 Å². The molecule has 1 saturated heterocycles. The average molecular weight is 401 g/mol. The number of hydrogen-bond donors (Lipinski definition) is 1. The van der Waals surface area contributed by atoms with Crippen LogP contribution in [0.1, 0.15) is 24.1 Å². The van der Waals surface area contributed by atoms with Crippen molar-refractivity contribution < 1.29 is 19.4 Å². The first-order valence-corrected chi connectivity index (χ1v) is 9.46. The van der Waals surface area contributed by atoms with Crippen LogP contribution in [0.3, 0.4) is 0 Å². The van der Waals surface area contributed by atoms with Gasteiger partial charge in [0.15, 0.2) is 0 Å². The summed E-state index contributed by atoms with van der Waals surface area (Å²) < 4.78 is 5.46. The van der Waals surface area contributed by atoms with Crippen molar-refractivity contribution in [2.45, 2.75) is 13.0 Å². The fourth-order valence-corrected chi connectivity index (χ4v) is 3.49. The van der Waals surface area contributed by atoms with Crippen molar-refractivity contribution >= 4 is 23.1 Å². The number of nitrogens with zero attached hydrogens (tertiary/aromatic N) is 3. The molecule has 1 aliphatic heterocycles. The van der Waals surface area contributed by atoms with Gasteiger partial charge in [-0.1, -0.05) is 6.07 Å². The molecule has 1 N–H and O–H groups in total. The highest BCUT2D eigenvalue weighted by molar-refractivity contribution is 6.51. The molecule has 0 spiro atoms. The number of benzene rings is 1. The molecule has 1 aliphatic rings. The van der Waals surface area contributed by atoms with Gasteiger partial charge in [0.05, 0.1) is 18.2 Å². The first-order valence-electron chi connectivity index (χ1n) is 9.46. The molecule has 1 atom stereocenters. The summed E-state index contributed by atoms with van der Waals surface area (Å²) in [5.41, 5.74) is 1.54. The van der Waals surface area contributed by atoms with Crippen molar-refractivity contribution in [3.63, 3.8) is 0 Å². The van der Waals surface area contributed by atoms with Gasteiger partial charge in [-0.15, -0.1) is 0 Å². The highest BCUT2D eigenvalue weighted by Gasteiger charge is 2.47. The second kappa shape index (κ2) is 8.16. The molecule has 0 saturated carbocycles. The van der Waals surface area contributed by atoms with E-state index in [1.54, 1.807) is 60.9 Å². The summed E-state index contributed by atoms with van der Waals surface area (Å²) in [7, 11) is 0. The topological polar surface area (TPSA) is 92.6 Å². The maximum Gasteiger partial charge on any atom is 0.300 e. The SMILES string of the molecule is CCOc1ccc(N2C(=O)C(=O)/C(=C(\O)c3ccncc3)C2c2cccnc2)cc1. The quantitative estimate of drug-likeness (QED) is 0.400. The van der Waals surface area contributed by atoms with E-state index in [-0.39, 0.29) is 11.3 Å². The Bertz CT molecular complexity index is 1100. The van der Waals surface area contributed by atoms with Gasteiger partial charge in [-0.3, -0.25) is 24.5 Å². The number of hydrogen-bond acceptors (Lipinski definition) is 6. The Labute approximate surface area is 173 Å². The van der Waals surface area contributed by atoms with Crippen LogP contribution < -0.4 is 9.64 Å². The van der Waals surface area contributed by atoms with Gasteiger partial charge in [-0.25, -0.2) is 0 Å². The van der Waals surface area contributed by atoms with E-state index in [9.17, 15) is 14.7 Å². The van der Waals surface area contributed by atoms with Crippen LogP contribution in [0, 0.1) is 0 Å². The first kappa shape index (κ1) is 19.3. The number of carbonyl (C=O) groups is 2. The summed E-state index contributed by atoms with van der Waals surface area (Å²) in [4.78, 5) is 35.4. The summed E-state index contributed by atoms with van der Waals surface area (Å²) in [6.07, 6.45) is 6.21. The van der Waals surface area contributed by atoms with Crippen LogP contribution in [0.15, 0.2) is 78.9 Å². The molecule has 150 valence electrons. The fourth-order valence-electron chi connectivity index (χ4n) is 3.49. The third kappa shape index (κ3) is 3.41. The minimum absolute atomic E-state index is 0.00749. The Kier molecular flexibility index (Phi) is 5.26. The van der Waals surface area contributed by atoms with Crippen LogP contribution >= 0.6 is 0 Å². The number of aliphatic hydroxyl groups is 1. The summed E-state index contributed by atoms with van der Waals surface area (Å²) in [5, 5.41) is 10.9. The van der Waals surface area contributed by atoms with Crippen molar-refractivity contribution in [1.82, 2.24) is 9.97 Å². The second-order valence-corrected chi connectivity index (χ2v) is 6.62. The Morgan fingerprint density at radius 2 is 1.77 bits per heavy atom. The molecule has 4 rings (SSSR count). The maximum absolute atomic E-state index is 13.0. The predicted molar refractivity (Wildman–Crippen MR) is 111 cm³/mol. The summed E-state index contributed by atoms with van der Waals surface area (Å²) in [6.45, 7) is 2.40. The van der Waals surface area contributed by atoms with Crippen LogP contribution in [-0.4, -0.2) is 33.4 Å². The van der Waals surface area contributed by atoms with Gasteiger partial charge in [-0.05, 0) is 55.0 Å². The van der Waals surface area contributed by atoms with E-state index < -0.39 is 17.7 Å². The zero-order chi connectivity index (χ0) is 21.1. The number of ether oxygens (including phenoxy) is 1. The lowest BCUT2D eigenvalue weighted by molar-refractivity contribution is -0.132. The lowest BCUT2D eigenvalue weighted by Gasteiger charge is -2.25. The largest absolute Gasteiger partial charge is 0.507 e. The third-order valence-corrected chi connectivity index (χ3v) is 4.82. The molecule has 7 heteroatoms. The smallest absolute Gasteiger partial charge is 0.300 e. The lowest BCUT2D eigenvalue weighted by atomic mass is 9.96. The van der Waals surface area contributed by atoms with Crippen LogP contribution in [0.4, 0.5) is 5.69 Å². The van der Waals surface area contributed by atoms with E-state index in [1.165, 1.54) is 17.3 Å². The van der Waals surface area contributed by atoms with Crippen molar-refractivity contribution in [1.29, 1.82) is 0 Å². The predicted octanol–water partition coefficient (Wildman–Crippen LogP) is 3.50. The molecule has 0 aliphatic carbocycles. The Morgan fingerprint density at radius 1 is 1.03 bits per heavy atom. The van der Waals surface area contributed by atoms with Crippen LogP contribution in [0.25, 0.3) is 5.76 Å². The first-order chi connectivity index (χ1) is 14.6. The second-order valence-electron chi connectivity index (χ2n) is 6.62. The van der Waals surface area contributed by atoms with E-state index in [0.29, 0.717) is 29.2 Å². The molecular weight excluding hydrogens is 382 g/mol. The van der Waals surface area contributed by atoms with Crippen molar-refractivity contribution in [2.24, 2.45) is 0 Å². The lowest BCUT2D eigenvalue weighted by Crippen LogP contribution is -2.29. The number of anilines is 1. The van der Waals surface area contributed by atoms with E-state index in [1.807, 2.05) is 6.92 Å². The monoisotopic (exact) mass is 401 g/mol. The molecule has 1 fully saturated rings. The molecule has 2 aromatic heterocycles. The fraction of sp³-hybridized carbons (Fsp3) is 0.130. The normalized spacial score (nSPS) is 17.9. The molecule has 1 aromatic carbocycles. The van der Waals surface area contributed by atoms with Gasteiger partial charge in [0.1, 0.15) is 11.5 Å². The van der Waals surface area contributed by atoms with Crippen LogP contribution in [0.5, 0.6) is 5.75 Å². The maximum atomic E-state index is 13.0. The summed E-state index contributed by atoms with van der Waals surface area (Å²) in [6, 6.07) is 12.7. The molecule has 3 heterocycles. The van der Waals surface area contributed by atoms with Crippen molar-refractivity contribution in [3.05, 3.63) is 90.0 Å². The van der Waals surface area contributed by atoms with E-state index in [0.717, 1.165) is 0 Å². The number of Topliss-reactive ketones (excluding diaryl/α,β-unsaturated/α-hetero) is 1. The highest BCUT2D eigenvalue weighted by Crippen LogP contribution is 2.42.